The van der Waals surface area contributed by atoms with E-state index in [-0.39, 0.29) is 26.1 Å². The third kappa shape index (κ3) is 10.4. The highest BCUT2D eigenvalue weighted by molar-refractivity contribution is 7.90. The van der Waals surface area contributed by atoms with E-state index in [4.69, 9.17) is 0 Å². The van der Waals surface area contributed by atoms with Crippen molar-refractivity contribution < 1.29 is 50.4 Å². The Morgan fingerprint density at radius 3 is 1.14 bits per heavy atom. The fourth-order valence-corrected chi connectivity index (χ4v) is 6.35. The van der Waals surface area contributed by atoms with Gasteiger partial charge in [-0.2, -0.15) is 33.7 Å². The van der Waals surface area contributed by atoms with E-state index in [1.807, 2.05) is 0 Å². The van der Waals surface area contributed by atoms with Crippen molar-refractivity contribution in [2.24, 2.45) is 0 Å². The van der Waals surface area contributed by atoms with Crippen LogP contribution in [0.5, 0.6) is 0 Å². The van der Waals surface area contributed by atoms with E-state index in [2.05, 4.69) is 16.7 Å². The molecule has 0 spiro atoms. The molecule has 2 unspecified atom stereocenters. The molecule has 0 amide bonds. The second kappa shape index (κ2) is 11.1. The van der Waals surface area contributed by atoms with E-state index >= 15 is 0 Å². The van der Waals surface area contributed by atoms with Crippen molar-refractivity contribution >= 4 is 40.5 Å². The maximum Gasteiger partial charge on any atom is 0.295 e. The number of hydrogen-bond donors (Lipinski definition) is 0. The standard InChI is InChI=1S/C12H26O12S4/c1-5-21-27(17,18)11(3)23-25(13,14)9-7-8-10-26(15,16)24-12(4)28(19,20)22-6-2/h11-12H,5-10H2,1-4H3. The van der Waals surface area contributed by atoms with Gasteiger partial charge in [0.1, 0.15) is 0 Å². The Labute approximate surface area is 167 Å². The summed E-state index contributed by atoms with van der Waals surface area (Å²) in [4.78, 5) is 0. The number of unbranched alkanes of at least 4 members (excludes halogenated alkanes) is 1. The smallest absolute Gasteiger partial charge is 0.268 e. The Hall–Kier alpha value is -0.360. The average molecular weight is 491 g/mol. The van der Waals surface area contributed by atoms with E-state index in [0.29, 0.717) is 0 Å². The van der Waals surface area contributed by atoms with Crippen molar-refractivity contribution in [3.8, 4) is 0 Å². The first-order valence-electron chi connectivity index (χ1n) is 8.17. The van der Waals surface area contributed by atoms with Gasteiger partial charge in [-0.3, -0.25) is 8.37 Å². The highest BCUT2D eigenvalue weighted by Gasteiger charge is 2.29. The first-order chi connectivity index (χ1) is 12.6. The van der Waals surface area contributed by atoms with Crippen LogP contribution in [0.2, 0.25) is 0 Å². The van der Waals surface area contributed by atoms with E-state index in [1.165, 1.54) is 13.8 Å². The minimum Gasteiger partial charge on any atom is -0.268 e. The molecule has 0 aliphatic rings. The molecule has 16 heteroatoms. The normalized spacial score (nSPS) is 16.0. The van der Waals surface area contributed by atoms with Crippen LogP contribution in [0, 0.1) is 0 Å². The molecule has 0 radical (unpaired) electrons. The first kappa shape index (κ1) is 27.6. The van der Waals surface area contributed by atoms with Gasteiger partial charge in [-0.25, -0.2) is 8.37 Å². The van der Waals surface area contributed by atoms with Gasteiger partial charge >= 0.3 is 0 Å². The lowest BCUT2D eigenvalue weighted by molar-refractivity contribution is 0.250. The first-order valence-corrected chi connectivity index (χ1v) is 14.3. The summed E-state index contributed by atoms with van der Waals surface area (Å²) in [6.45, 7) is 4.41. The summed E-state index contributed by atoms with van der Waals surface area (Å²) < 4.78 is 111. The molecule has 0 N–H and O–H groups in total. The Balaban J connectivity index is 4.61. The van der Waals surface area contributed by atoms with Crippen molar-refractivity contribution in [3.63, 3.8) is 0 Å². The molecule has 170 valence electrons. The minimum absolute atomic E-state index is 0.189. The molecule has 0 aromatic carbocycles. The molecule has 0 aromatic heterocycles. The molecule has 2 atom stereocenters. The summed E-state index contributed by atoms with van der Waals surface area (Å²) in [5.74, 6) is -1.30. The third-order valence-electron chi connectivity index (χ3n) is 2.98. The van der Waals surface area contributed by atoms with Gasteiger partial charge in [0.05, 0.1) is 24.7 Å². The van der Waals surface area contributed by atoms with E-state index in [9.17, 15) is 33.7 Å². The van der Waals surface area contributed by atoms with Crippen LogP contribution in [0.25, 0.3) is 0 Å². The molecule has 0 aromatic rings. The molecule has 0 rings (SSSR count). The van der Waals surface area contributed by atoms with Gasteiger partial charge in [0.25, 0.3) is 40.5 Å². The topological polar surface area (TPSA) is 173 Å². The molecular formula is C12H26O12S4. The zero-order chi connectivity index (χ0) is 22.2. The van der Waals surface area contributed by atoms with Crippen LogP contribution in [0.1, 0.15) is 40.5 Å². The highest BCUT2D eigenvalue weighted by atomic mass is 32.2. The Kier molecular flexibility index (Phi) is 11.0. The monoisotopic (exact) mass is 490 g/mol. The van der Waals surface area contributed by atoms with Gasteiger partial charge in [0.2, 0.25) is 0 Å². The largest absolute Gasteiger partial charge is 0.295 e. The van der Waals surface area contributed by atoms with Gasteiger partial charge in [0.15, 0.2) is 10.9 Å². The van der Waals surface area contributed by atoms with E-state index in [1.54, 1.807) is 0 Å². The predicted octanol–water partition coefficient (Wildman–Crippen LogP) is -0.116. The van der Waals surface area contributed by atoms with E-state index < -0.39 is 62.9 Å². The molecule has 0 bridgehead atoms. The quantitative estimate of drug-likeness (QED) is 0.220. The van der Waals surface area contributed by atoms with Crippen molar-refractivity contribution in [3.05, 3.63) is 0 Å². The van der Waals surface area contributed by atoms with Crippen LogP contribution in [0.3, 0.4) is 0 Å². The number of rotatable bonds is 15. The summed E-state index contributed by atoms with van der Waals surface area (Å²) in [6, 6.07) is 0. The Morgan fingerprint density at radius 2 is 0.893 bits per heavy atom. The lowest BCUT2D eigenvalue weighted by Crippen LogP contribution is -2.28. The van der Waals surface area contributed by atoms with Crippen molar-refractivity contribution in [1.82, 2.24) is 0 Å². The van der Waals surface area contributed by atoms with Gasteiger partial charge in [-0.05, 0) is 40.5 Å². The molecule has 0 heterocycles. The summed E-state index contributed by atoms with van der Waals surface area (Å²) in [5.41, 5.74) is -3.51. The van der Waals surface area contributed by atoms with Gasteiger partial charge < -0.3 is 0 Å². The molecule has 12 nitrogen and oxygen atoms in total. The maximum absolute atomic E-state index is 11.8. The molecule has 0 aliphatic heterocycles. The molecule has 0 saturated carbocycles. The van der Waals surface area contributed by atoms with Crippen molar-refractivity contribution in [2.75, 3.05) is 24.7 Å². The molecule has 0 saturated heterocycles. The molecule has 0 fully saturated rings. The zero-order valence-electron chi connectivity index (χ0n) is 15.9. The lowest BCUT2D eigenvalue weighted by atomic mass is 10.4. The average Bonchev–Trinajstić information content (AvgIpc) is 2.50. The van der Waals surface area contributed by atoms with Crippen LogP contribution in [-0.2, 0) is 57.2 Å². The molecule has 28 heavy (non-hydrogen) atoms. The van der Waals surface area contributed by atoms with Gasteiger partial charge in [-0.1, -0.05) is 0 Å². The van der Waals surface area contributed by atoms with Crippen LogP contribution in [-0.4, -0.2) is 69.3 Å². The Bertz CT molecular complexity index is 810. The van der Waals surface area contributed by atoms with Gasteiger partial charge in [-0.15, -0.1) is 0 Å². The molecular weight excluding hydrogens is 464 g/mol. The lowest BCUT2D eigenvalue weighted by Gasteiger charge is -2.14. The van der Waals surface area contributed by atoms with Crippen molar-refractivity contribution in [1.29, 1.82) is 0 Å². The number of hydrogen-bond acceptors (Lipinski definition) is 12. The van der Waals surface area contributed by atoms with Gasteiger partial charge in [0, 0.05) is 0 Å². The maximum atomic E-state index is 11.8. The zero-order valence-corrected chi connectivity index (χ0v) is 19.2. The second-order valence-corrected chi connectivity index (χ2v) is 12.6. The summed E-state index contributed by atoms with van der Waals surface area (Å²) in [6.07, 6.45) is -0.391. The minimum atomic E-state index is -4.26. The fourth-order valence-electron chi connectivity index (χ4n) is 1.68. The Morgan fingerprint density at radius 1 is 0.607 bits per heavy atom. The third-order valence-corrected chi connectivity index (χ3v) is 8.91. The van der Waals surface area contributed by atoms with E-state index in [0.717, 1.165) is 13.8 Å². The van der Waals surface area contributed by atoms with Crippen LogP contribution in [0.15, 0.2) is 0 Å². The SMILES string of the molecule is CCOS(=O)(=O)C(C)OS(=O)(=O)CCCCS(=O)(=O)OC(C)S(=O)(=O)OCC. The fraction of sp³-hybridized carbons (Fsp3) is 1.00. The highest BCUT2D eigenvalue weighted by Crippen LogP contribution is 2.13. The predicted molar refractivity (Wildman–Crippen MR) is 99.0 cm³/mol. The van der Waals surface area contributed by atoms with Crippen LogP contribution >= 0.6 is 0 Å². The summed E-state index contributed by atoms with van der Waals surface area (Å²) in [5, 5.41) is 0. The molecule has 0 aliphatic carbocycles. The van der Waals surface area contributed by atoms with Crippen LogP contribution in [0.4, 0.5) is 0 Å². The van der Waals surface area contributed by atoms with Crippen molar-refractivity contribution in [2.45, 2.75) is 51.4 Å². The van der Waals surface area contributed by atoms with Crippen LogP contribution < -0.4 is 0 Å². The summed E-state index contributed by atoms with van der Waals surface area (Å²) in [7, 11) is -17.0. The summed E-state index contributed by atoms with van der Waals surface area (Å²) >= 11 is 0. The second-order valence-electron chi connectivity index (χ2n) is 5.36.